The van der Waals surface area contributed by atoms with E-state index in [1.54, 1.807) is 0 Å². The summed E-state index contributed by atoms with van der Waals surface area (Å²) in [6, 6.07) is 0. The van der Waals surface area contributed by atoms with E-state index in [0.717, 1.165) is 51.5 Å². The van der Waals surface area contributed by atoms with E-state index in [4.69, 9.17) is 5.73 Å². The maximum absolute atomic E-state index is 12.5. The summed E-state index contributed by atoms with van der Waals surface area (Å²) in [5.74, 6) is 3.57. The fourth-order valence-corrected chi connectivity index (χ4v) is 7.39. The standard InChI is InChI=1S/C20H31NO2/c1-19-8-7-17-15(16(19)4-5-18(19)23)3-2-13-12-14(22)6-9-20(13,17)10-11-21/h13,15-17H,2-12,21H2,1H3/t13?,15-,16-,17-,19-,20+/m0/s1. The molecule has 0 saturated heterocycles. The van der Waals surface area contributed by atoms with Crippen LogP contribution in [0.5, 0.6) is 0 Å². The summed E-state index contributed by atoms with van der Waals surface area (Å²) in [6.45, 7) is 2.99. The molecule has 0 aromatic heterocycles. The summed E-state index contributed by atoms with van der Waals surface area (Å²) in [5.41, 5.74) is 6.30. The predicted octanol–water partition coefficient (Wildman–Crippen LogP) is 3.50. The molecule has 23 heavy (non-hydrogen) atoms. The zero-order chi connectivity index (χ0) is 16.2. The molecule has 3 nitrogen and oxygen atoms in total. The fraction of sp³-hybridized carbons (Fsp3) is 0.900. The summed E-state index contributed by atoms with van der Waals surface area (Å²) in [7, 11) is 0. The zero-order valence-corrected chi connectivity index (χ0v) is 14.5. The first-order valence-corrected chi connectivity index (χ1v) is 9.76. The number of rotatable bonds is 2. The van der Waals surface area contributed by atoms with E-state index in [-0.39, 0.29) is 5.41 Å². The third-order valence-electron chi connectivity index (χ3n) is 8.50. The number of hydrogen-bond donors (Lipinski definition) is 1. The Bertz CT molecular complexity index is 530. The van der Waals surface area contributed by atoms with Gasteiger partial charge in [0.15, 0.2) is 0 Å². The van der Waals surface area contributed by atoms with Gasteiger partial charge in [0.2, 0.25) is 0 Å². The fourth-order valence-electron chi connectivity index (χ4n) is 7.39. The van der Waals surface area contributed by atoms with Gasteiger partial charge in [0.05, 0.1) is 0 Å². The molecule has 0 heterocycles. The number of ketones is 2. The summed E-state index contributed by atoms with van der Waals surface area (Å²) in [6.07, 6.45) is 10.3. The quantitative estimate of drug-likeness (QED) is 0.848. The van der Waals surface area contributed by atoms with Gasteiger partial charge in [-0.05, 0) is 80.6 Å². The van der Waals surface area contributed by atoms with Crippen molar-refractivity contribution < 1.29 is 9.59 Å². The molecule has 4 rings (SSSR count). The van der Waals surface area contributed by atoms with Crippen LogP contribution in [0.3, 0.4) is 0 Å². The van der Waals surface area contributed by atoms with Crippen molar-refractivity contribution in [3.63, 3.8) is 0 Å². The van der Waals surface area contributed by atoms with Gasteiger partial charge in [-0.15, -0.1) is 0 Å². The van der Waals surface area contributed by atoms with Crippen molar-refractivity contribution in [3.05, 3.63) is 0 Å². The largest absolute Gasteiger partial charge is 0.330 e. The van der Waals surface area contributed by atoms with Crippen LogP contribution in [0.2, 0.25) is 0 Å². The number of Topliss-reactive ketones (excluding diaryl/α,β-unsaturated/α-hetero) is 2. The first-order valence-electron chi connectivity index (χ1n) is 9.76. The molecule has 0 amide bonds. The van der Waals surface area contributed by atoms with Crippen LogP contribution in [-0.2, 0) is 9.59 Å². The highest BCUT2D eigenvalue weighted by Gasteiger charge is 2.61. The van der Waals surface area contributed by atoms with Gasteiger partial charge in [0.25, 0.3) is 0 Å². The molecule has 0 spiro atoms. The van der Waals surface area contributed by atoms with E-state index in [2.05, 4.69) is 6.92 Å². The van der Waals surface area contributed by atoms with Crippen LogP contribution in [0, 0.1) is 34.5 Å². The van der Waals surface area contributed by atoms with Crippen molar-refractivity contribution in [1.82, 2.24) is 0 Å². The molecule has 0 radical (unpaired) electrons. The van der Waals surface area contributed by atoms with Gasteiger partial charge in [-0.25, -0.2) is 0 Å². The molecule has 0 aliphatic heterocycles. The molecule has 4 aliphatic rings. The lowest BCUT2D eigenvalue weighted by Gasteiger charge is -2.60. The van der Waals surface area contributed by atoms with Crippen LogP contribution in [0.25, 0.3) is 0 Å². The third-order valence-corrected chi connectivity index (χ3v) is 8.50. The van der Waals surface area contributed by atoms with Gasteiger partial charge >= 0.3 is 0 Å². The monoisotopic (exact) mass is 317 g/mol. The summed E-state index contributed by atoms with van der Waals surface area (Å²) in [5, 5.41) is 0. The van der Waals surface area contributed by atoms with Crippen molar-refractivity contribution in [2.45, 2.75) is 71.1 Å². The van der Waals surface area contributed by atoms with Crippen molar-refractivity contribution in [2.24, 2.45) is 40.2 Å². The Kier molecular flexibility index (Phi) is 3.71. The van der Waals surface area contributed by atoms with Crippen molar-refractivity contribution in [1.29, 1.82) is 0 Å². The lowest BCUT2D eigenvalue weighted by atomic mass is 9.44. The SMILES string of the molecule is C[C@]12CC[C@H]3[C@@H](CCC4CC(=O)CC[C@@]43CCN)[C@@H]1CCC2=O. The zero-order valence-electron chi connectivity index (χ0n) is 14.5. The second-order valence-corrected chi connectivity index (χ2v) is 9.08. The second kappa shape index (κ2) is 5.40. The molecule has 4 fully saturated rings. The molecule has 0 aromatic carbocycles. The molecule has 3 heteroatoms. The number of carbonyl (C=O) groups excluding carboxylic acids is 2. The molecule has 128 valence electrons. The highest BCUT2D eigenvalue weighted by Crippen LogP contribution is 2.66. The maximum atomic E-state index is 12.5. The molecule has 6 atom stereocenters. The minimum absolute atomic E-state index is 0.0393. The van der Waals surface area contributed by atoms with Gasteiger partial charge in [-0.2, -0.15) is 0 Å². The summed E-state index contributed by atoms with van der Waals surface area (Å²) < 4.78 is 0. The van der Waals surface area contributed by atoms with Gasteiger partial charge in [0, 0.05) is 24.7 Å². The van der Waals surface area contributed by atoms with Crippen LogP contribution < -0.4 is 5.73 Å². The third kappa shape index (κ3) is 2.11. The normalized spacial score (nSPS) is 49.5. The highest BCUT2D eigenvalue weighted by molar-refractivity contribution is 5.87. The second-order valence-electron chi connectivity index (χ2n) is 9.08. The van der Waals surface area contributed by atoms with Crippen LogP contribution >= 0.6 is 0 Å². The first-order chi connectivity index (χ1) is 11.0. The van der Waals surface area contributed by atoms with Crippen LogP contribution in [0.1, 0.15) is 71.1 Å². The Hall–Kier alpha value is -0.700. The molecular weight excluding hydrogens is 286 g/mol. The van der Waals surface area contributed by atoms with E-state index < -0.39 is 0 Å². The smallest absolute Gasteiger partial charge is 0.139 e. The van der Waals surface area contributed by atoms with Gasteiger partial charge < -0.3 is 5.73 Å². The van der Waals surface area contributed by atoms with E-state index in [9.17, 15) is 9.59 Å². The minimum Gasteiger partial charge on any atom is -0.330 e. The van der Waals surface area contributed by atoms with E-state index in [1.807, 2.05) is 0 Å². The molecular formula is C20H31NO2. The topological polar surface area (TPSA) is 60.2 Å². The number of fused-ring (bicyclic) bond motifs is 5. The van der Waals surface area contributed by atoms with Crippen LogP contribution in [-0.4, -0.2) is 18.1 Å². The molecule has 0 bridgehead atoms. The molecule has 4 saturated carbocycles. The number of hydrogen-bond acceptors (Lipinski definition) is 3. The Morgan fingerprint density at radius 1 is 1.04 bits per heavy atom. The first kappa shape index (κ1) is 15.8. The highest BCUT2D eigenvalue weighted by atomic mass is 16.1. The average Bonchev–Trinajstić information content (AvgIpc) is 2.84. The van der Waals surface area contributed by atoms with E-state index in [1.165, 1.54) is 19.3 Å². The number of carbonyl (C=O) groups is 2. The Morgan fingerprint density at radius 2 is 1.87 bits per heavy atom. The minimum atomic E-state index is -0.0393. The number of nitrogens with two attached hydrogens (primary N) is 1. The lowest BCUT2D eigenvalue weighted by Crippen LogP contribution is -2.55. The molecule has 4 aliphatic carbocycles. The van der Waals surface area contributed by atoms with Crippen molar-refractivity contribution in [2.75, 3.05) is 6.54 Å². The maximum Gasteiger partial charge on any atom is 0.139 e. The van der Waals surface area contributed by atoms with Crippen molar-refractivity contribution in [3.8, 4) is 0 Å². The van der Waals surface area contributed by atoms with Crippen molar-refractivity contribution >= 4 is 11.6 Å². The summed E-state index contributed by atoms with van der Waals surface area (Å²) >= 11 is 0. The lowest BCUT2D eigenvalue weighted by molar-refractivity contribution is -0.147. The average molecular weight is 317 g/mol. The van der Waals surface area contributed by atoms with Gasteiger partial charge in [0.1, 0.15) is 11.6 Å². The Balaban J connectivity index is 1.68. The predicted molar refractivity (Wildman–Crippen MR) is 89.7 cm³/mol. The van der Waals surface area contributed by atoms with Gasteiger partial charge in [-0.3, -0.25) is 9.59 Å². The Labute approximate surface area is 139 Å². The summed E-state index contributed by atoms with van der Waals surface area (Å²) in [4.78, 5) is 24.5. The molecule has 2 N–H and O–H groups in total. The van der Waals surface area contributed by atoms with Crippen LogP contribution in [0.15, 0.2) is 0 Å². The molecule has 0 aromatic rings. The molecule has 1 unspecified atom stereocenters. The van der Waals surface area contributed by atoms with E-state index in [0.29, 0.717) is 40.7 Å². The van der Waals surface area contributed by atoms with E-state index >= 15 is 0 Å². The van der Waals surface area contributed by atoms with Crippen LogP contribution in [0.4, 0.5) is 0 Å². The van der Waals surface area contributed by atoms with Gasteiger partial charge in [-0.1, -0.05) is 6.92 Å². The Morgan fingerprint density at radius 3 is 2.65 bits per heavy atom.